The summed E-state index contributed by atoms with van der Waals surface area (Å²) in [6, 6.07) is 21.9. The van der Waals surface area contributed by atoms with Gasteiger partial charge in [0.1, 0.15) is 10.7 Å². The zero-order valence-corrected chi connectivity index (χ0v) is 23.1. The molecule has 4 rings (SSSR count). The number of aliphatic hydroxyl groups is 1. The summed E-state index contributed by atoms with van der Waals surface area (Å²) in [5.41, 5.74) is -2.60. The first-order valence-corrected chi connectivity index (χ1v) is 14.2. The summed E-state index contributed by atoms with van der Waals surface area (Å²) in [5, 5.41) is 10.8. The fourth-order valence-electron chi connectivity index (χ4n) is 4.19. The first-order chi connectivity index (χ1) is 18.8. The Morgan fingerprint density at radius 2 is 1.43 bits per heavy atom. The van der Waals surface area contributed by atoms with Crippen molar-refractivity contribution in [1.29, 1.82) is 0 Å². The van der Waals surface area contributed by atoms with Crippen LogP contribution in [-0.4, -0.2) is 19.7 Å². The van der Waals surface area contributed by atoms with Crippen molar-refractivity contribution < 1.29 is 31.1 Å². The molecule has 0 aliphatic carbocycles. The van der Waals surface area contributed by atoms with Crippen molar-refractivity contribution in [2.24, 2.45) is 0 Å². The fraction of sp³-hybridized carbons (Fsp3) is 0.172. The van der Waals surface area contributed by atoms with Crippen LogP contribution in [0.5, 0.6) is 0 Å². The van der Waals surface area contributed by atoms with Crippen LogP contribution in [0.4, 0.5) is 23.2 Å². The Morgan fingerprint density at radius 3 is 2.02 bits per heavy atom. The molecule has 0 saturated carbocycles. The number of alkyl halides is 3. The fourth-order valence-corrected chi connectivity index (χ4v) is 6.38. The average molecular weight is 612 g/mol. The summed E-state index contributed by atoms with van der Waals surface area (Å²) in [6.45, 7) is -0.289. The van der Waals surface area contributed by atoms with E-state index in [9.17, 15) is 31.1 Å². The highest BCUT2D eigenvalue weighted by molar-refractivity contribution is 7.93. The van der Waals surface area contributed by atoms with Crippen LogP contribution in [0.3, 0.4) is 0 Å². The minimum Gasteiger partial charge on any atom is -0.376 e. The van der Waals surface area contributed by atoms with Crippen molar-refractivity contribution in [3.05, 3.63) is 130 Å². The van der Waals surface area contributed by atoms with E-state index in [-0.39, 0.29) is 33.6 Å². The third kappa shape index (κ3) is 6.44. The second kappa shape index (κ2) is 11.8. The number of aryl methyl sites for hydroxylation is 1. The number of anilines is 1. The van der Waals surface area contributed by atoms with Crippen LogP contribution in [0, 0.1) is 5.82 Å². The monoisotopic (exact) mass is 611 g/mol. The molecule has 4 aromatic carbocycles. The van der Waals surface area contributed by atoms with Gasteiger partial charge in [0.05, 0.1) is 17.3 Å². The van der Waals surface area contributed by atoms with Gasteiger partial charge >= 0.3 is 6.18 Å². The highest BCUT2D eigenvalue weighted by Crippen LogP contribution is 2.43. The molecule has 210 valence electrons. The Kier molecular flexibility index (Phi) is 8.80. The van der Waals surface area contributed by atoms with E-state index in [0.29, 0.717) is 11.1 Å². The summed E-state index contributed by atoms with van der Waals surface area (Å²) in [6.07, 6.45) is -5.69. The number of benzene rings is 4. The minimum absolute atomic E-state index is 0.00305. The lowest BCUT2D eigenvalue weighted by Gasteiger charge is -2.32. The third-order valence-electron chi connectivity index (χ3n) is 6.42. The van der Waals surface area contributed by atoms with Gasteiger partial charge in [0.2, 0.25) is 0 Å². The number of hydrogen-bond donors (Lipinski definition) is 1. The molecule has 11 heteroatoms. The van der Waals surface area contributed by atoms with Crippen LogP contribution in [0.15, 0.2) is 102 Å². The molecule has 0 saturated heterocycles. The SMILES string of the molecule is O=S(=O)(c1cc(Cl)ccc1Cl)N(Cc1ccc(F)cc1)c1ccc(C(O)(CCc2ccccc2)C(F)(F)F)cc1. The van der Waals surface area contributed by atoms with E-state index in [0.717, 1.165) is 34.6 Å². The van der Waals surface area contributed by atoms with E-state index in [1.165, 1.54) is 36.4 Å². The Hall–Kier alpha value is -3.11. The highest BCUT2D eigenvalue weighted by Gasteiger charge is 2.54. The van der Waals surface area contributed by atoms with E-state index in [1.807, 2.05) is 0 Å². The summed E-state index contributed by atoms with van der Waals surface area (Å²) in [7, 11) is -4.40. The lowest BCUT2D eigenvalue weighted by molar-refractivity contribution is -0.269. The predicted octanol–water partition coefficient (Wildman–Crippen LogP) is 7.91. The summed E-state index contributed by atoms with van der Waals surface area (Å²) in [5.74, 6) is -0.526. The molecule has 0 aliphatic heterocycles. The zero-order chi connectivity index (χ0) is 29.1. The lowest BCUT2D eigenvalue weighted by Crippen LogP contribution is -2.42. The van der Waals surface area contributed by atoms with Gasteiger partial charge in [-0.1, -0.05) is 77.8 Å². The Morgan fingerprint density at radius 1 is 0.800 bits per heavy atom. The molecule has 0 amide bonds. The van der Waals surface area contributed by atoms with E-state index >= 15 is 0 Å². The molecule has 0 aliphatic rings. The molecular weight excluding hydrogens is 589 g/mol. The molecule has 40 heavy (non-hydrogen) atoms. The summed E-state index contributed by atoms with van der Waals surface area (Å²) >= 11 is 12.2. The Bertz CT molecular complexity index is 1570. The maximum absolute atomic E-state index is 14.2. The van der Waals surface area contributed by atoms with Gasteiger partial charge < -0.3 is 5.11 Å². The van der Waals surface area contributed by atoms with Crippen LogP contribution < -0.4 is 4.31 Å². The van der Waals surface area contributed by atoms with Crippen molar-refractivity contribution in [3.63, 3.8) is 0 Å². The predicted molar refractivity (Wildman–Crippen MR) is 147 cm³/mol. The molecule has 1 atom stereocenters. The number of rotatable bonds is 9. The van der Waals surface area contributed by atoms with Gasteiger partial charge in [-0.15, -0.1) is 0 Å². The van der Waals surface area contributed by atoms with Gasteiger partial charge in [-0.3, -0.25) is 4.31 Å². The summed E-state index contributed by atoms with van der Waals surface area (Å²) in [4.78, 5) is -0.317. The molecular formula is C29H23Cl2F4NO3S. The second-order valence-electron chi connectivity index (χ2n) is 9.10. The van der Waals surface area contributed by atoms with Crippen molar-refractivity contribution in [2.75, 3.05) is 4.31 Å². The van der Waals surface area contributed by atoms with Gasteiger partial charge in [0.25, 0.3) is 10.0 Å². The van der Waals surface area contributed by atoms with E-state index in [4.69, 9.17) is 23.2 Å². The van der Waals surface area contributed by atoms with Gasteiger partial charge in [-0.2, -0.15) is 13.2 Å². The largest absolute Gasteiger partial charge is 0.421 e. The van der Waals surface area contributed by atoms with Gasteiger partial charge in [-0.05, 0) is 72.0 Å². The second-order valence-corrected chi connectivity index (χ2v) is 11.8. The molecule has 4 nitrogen and oxygen atoms in total. The van der Waals surface area contributed by atoms with Crippen molar-refractivity contribution in [3.8, 4) is 0 Å². The minimum atomic E-state index is -5.00. The molecule has 1 N–H and O–H groups in total. The van der Waals surface area contributed by atoms with E-state index in [1.54, 1.807) is 30.3 Å². The summed E-state index contributed by atoms with van der Waals surface area (Å²) < 4.78 is 84.4. The maximum Gasteiger partial charge on any atom is 0.421 e. The van der Waals surface area contributed by atoms with Gasteiger partial charge in [0, 0.05) is 5.02 Å². The molecule has 0 heterocycles. The standard InChI is InChI=1S/C29H23Cl2F4NO3S/c30-23-10-15-26(31)27(18-23)40(38,39)36(19-21-6-11-24(32)12-7-21)25-13-8-22(9-14-25)28(37,29(33,34)35)17-16-20-4-2-1-3-5-20/h1-15,18,37H,16-17,19H2. The number of halogens is 6. The molecule has 0 spiro atoms. The molecule has 0 fully saturated rings. The zero-order valence-electron chi connectivity index (χ0n) is 20.7. The third-order valence-corrected chi connectivity index (χ3v) is 8.91. The Labute approximate surface area is 239 Å². The average Bonchev–Trinajstić information content (AvgIpc) is 2.92. The lowest BCUT2D eigenvalue weighted by atomic mass is 9.87. The van der Waals surface area contributed by atoms with E-state index < -0.39 is 39.6 Å². The molecule has 1 unspecified atom stereocenters. The molecule has 4 aromatic rings. The first kappa shape index (κ1) is 29.9. The quantitative estimate of drug-likeness (QED) is 0.196. The number of sulfonamides is 1. The van der Waals surface area contributed by atoms with E-state index in [2.05, 4.69) is 0 Å². The van der Waals surface area contributed by atoms with Crippen molar-refractivity contribution in [1.82, 2.24) is 0 Å². The van der Waals surface area contributed by atoms with Crippen LogP contribution in [-0.2, 0) is 28.6 Å². The molecule has 0 radical (unpaired) electrons. The molecule has 0 aromatic heterocycles. The van der Waals surface area contributed by atoms with Crippen molar-refractivity contribution >= 4 is 38.9 Å². The van der Waals surface area contributed by atoms with Crippen LogP contribution in [0.25, 0.3) is 0 Å². The molecule has 0 bridgehead atoms. The normalized spacial score (nSPS) is 13.6. The van der Waals surface area contributed by atoms with Crippen molar-refractivity contribution in [2.45, 2.75) is 36.1 Å². The topological polar surface area (TPSA) is 57.6 Å². The Balaban J connectivity index is 1.74. The number of nitrogens with zero attached hydrogens (tertiary/aromatic N) is 1. The van der Waals surface area contributed by atoms with Gasteiger partial charge in [-0.25, -0.2) is 12.8 Å². The van der Waals surface area contributed by atoms with Crippen LogP contribution in [0.2, 0.25) is 10.0 Å². The maximum atomic E-state index is 14.2. The highest BCUT2D eigenvalue weighted by atomic mass is 35.5. The van der Waals surface area contributed by atoms with Gasteiger partial charge in [0.15, 0.2) is 5.60 Å². The van der Waals surface area contributed by atoms with Crippen LogP contribution in [0.1, 0.15) is 23.1 Å². The first-order valence-electron chi connectivity index (χ1n) is 12.0. The smallest absolute Gasteiger partial charge is 0.376 e. The number of hydrogen-bond acceptors (Lipinski definition) is 3. The van der Waals surface area contributed by atoms with Crippen LogP contribution >= 0.6 is 23.2 Å².